The van der Waals surface area contributed by atoms with Gasteiger partial charge in [0.25, 0.3) is 5.82 Å². The first kappa shape index (κ1) is 22.8. The summed E-state index contributed by atoms with van der Waals surface area (Å²) in [6.45, 7) is 8.19. The van der Waals surface area contributed by atoms with Crippen LogP contribution in [0, 0.1) is 5.92 Å². The van der Waals surface area contributed by atoms with Crippen LogP contribution >= 0.6 is 0 Å². The van der Waals surface area contributed by atoms with E-state index in [1.807, 2.05) is 4.90 Å². The number of halogens is 3. The maximum absolute atomic E-state index is 13.1. The zero-order chi connectivity index (χ0) is 22.9. The van der Waals surface area contributed by atoms with Crippen LogP contribution in [0.2, 0.25) is 0 Å². The summed E-state index contributed by atoms with van der Waals surface area (Å²) < 4.78 is 40.1. The van der Waals surface area contributed by atoms with Crippen molar-refractivity contribution in [3.8, 4) is 0 Å². The maximum Gasteiger partial charge on any atom is 0.453 e. The van der Waals surface area contributed by atoms with Crippen molar-refractivity contribution < 1.29 is 18.0 Å². The Morgan fingerprint density at radius 2 is 1.75 bits per heavy atom. The SMILES string of the molecule is CC(C)(CNC(=O)C1CCN(c2ccc3nnc(C(F)(F)F)n3n2)CC1)N1CCCCC1. The van der Waals surface area contributed by atoms with E-state index < -0.39 is 12.0 Å². The number of hydrogen-bond acceptors (Lipinski definition) is 6. The lowest BCUT2D eigenvalue weighted by Gasteiger charge is -2.41. The number of fused-ring (bicyclic) bond motifs is 1. The van der Waals surface area contributed by atoms with E-state index >= 15 is 0 Å². The molecule has 2 fully saturated rings. The second kappa shape index (κ2) is 8.84. The van der Waals surface area contributed by atoms with E-state index in [9.17, 15) is 18.0 Å². The summed E-state index contributed by atoms with van der Waals surface area (Å²) in [5.41, 5.74) is -0.0304. The highest BCUT2D eigenvalue weighted by atomic mass is 19.4. The number of hydrogen-bond donors (Lipinski definition) is 1. The number of amides is 1. The molecule has 0 unspecified atom stereocenters. The quantitative estimate of drug-likeness (QED) is 0.750. The standard InChI is InChI=1S/C21H30F3N7O/c1-20(2,30-10-4-3-5-11-30)14-25-18(32)15-8-12-29(13-9-15)17-7-6-16-26-27-19(21(22,23)24)31(16)28-17/h6-7,15H,3-5,8-14H2,1-2H3,(H,25,32). The normalized spacial score (nSPS) is 19.5. The Morgan fingerprint density at radius 1 is 1.06 bits per heavy atom. The Morgan fingerprint density at radius 3 is 2.41 bits per heavy atom. The number of piperidine rings is 2. The molecule has 1 N–H and O–H groups in total. The van der Waals surface area contributed by atoms with Crippen molar-refractivity contribution >= 4 is 17.4 Å². The molecule has 4 heterocycles. The van der Waals surface area contributed by atoms with Crippen LogP contribution in [0.4, 0.5) is 19.0 Å². The Bertz CT molecular complexity index is 945. The fourth-order valence-corrected chi connectivity index (χ4v) is 4.55. The topological polar surface area (TPSA) is 78.7 Å². The second-order valence-corrected chi connectivity index (χ2v) is 9.32. The molecule has 2 aliphatic rings. The summed E-state index contributed by atoms with van der Waals surface area (Å²) in [4.78, 5) is 17.1. The molecule has 0 saturated carbocycles. The van der Waals surface area contributed by atoms with Gasteiger partial charge in [0.15, 0.2) is 5.65 Å². The minimum atomic E-state index is -4.63. The smallest absolute Gasteiger partial charge is 0.355 e. The Hall–Kier alpha value is -2.43. The average molecular weight is 454 g/mol. The van der Waals surface area contributed by atoms with Crippen molar-refractivity contribution in [1.29, 1.82) is 0 Å². The Labute approximate surface area is 185 Å². The van der Waals surface area contributed by atoms with E-state index in [0.29, 0.717) is 38.3 Å². The highest BCUT2D eigenvalue weighted by Crippen LogP contribution is 2.29. The van der Waals surface area contributed by atoms with Crippen LogP contribution in [0.15, 0.2) is 12.1 Å². The highest BCUT2D eigenvalue weighted by Gasteiger charge is 2.38. The van der Waals surface area contributed by atoms with Crippen LogP contribution in [0.3, 0.4) is 0 Å². The molecule has 32 heavy (non-hydrogen) atoms. The predicted octanol–water partition coefficient (Wildman–Crippen LogP) is 2.74. The molecular formula is C21H30F3N7O. The number of nitrogens with one attached hydrogen (secondary N) is 1. The van der Waals surface area contributed by atoms with E-state index in [0.717, 1.165) is 17.6 Å². The number of likely N-dealkylation sites (tertiary alicyclic amines) is 1. The largest absolute Gasteiger partial charge is 0.453 e. The molecule has 2 aromatic rings. The zero-order valence-corrected chi connectivity index (χ0v) is 18.5. The molecule has 0 atom stereocenters. The minimum absolute atomic E-state index is 0.0478. The van der Waals surface area contributed by atoms with Crippen LogP contribution in [-0.2, 0) is 11.0 Å². The van der Waals surface area contributed by atoms with E-state index in [1.165, 1.54) is 25.3 Å². The molecule has 176 valence electrons. The molecule has 2 aliphatic heterocycles. The van der Waals surface area contributed by atoms with E-state index in [1.54, 1.807) is 6.07 Å². The third kappa shape index (κ3) is 4.82. The lowest BCUT2D eigenvalue weighted by Crippen LogP contribution is -2.54. The summed E-state index contributed by atoms with van der Waals surface area (Å²) >= 11 is 0. The predicted molar refractivity (Wildman–Crippen MR) is 113 cm³/mol. The number of rotatable bonds is 5. The van der Waals surface area contributed by atoms with Crippen LogP contribution in [-0.4, -0.2) is 68.9 Å². The van der Waals surface area contributed by atoms with Gasteiger partial charge in [0.2, 0.25) is 5.91 Å². The van der Waals surface area contributed by atoms with Gasteiger partial charge < -0.3 is 10.2 Å². The zero-order valence-electron chi connectivity index (χ0n) is 18.5. The van der Waals surface area contributed by atoms with Crippen LogP contribution < -0.4 is 10.2 Å². The molecule has 0 aliphatic carbocycles. The lowest BCUT2D eigenvalue weighted by molar-refractivity contribution is -0.146. The number of alkyl halides is 3. The molecule has 11 heteroatoms. The fourth-order valence-electron chi connectivity index (χ4n) is 4.55. The molecule has 0 aromatic carbocycles. The van der Waals surface area contributed by atoms with Gasteiger partial charge in [0.1, 0.15) is 5.82 Å². The first-order chi connectivity index (χ1) is 15.1. The second-order valence-electron chi connectivity index (χ2n) is 9.32. The van der Waals surface area contributed by atoms with E-state index in [-0.39, 0.29) is 23.0 Å². The Balaban J connectivity index is 1.33. The number of carbonyl (C=O) groups is 1. The average Bonchev–Trinajstić information content (AvgIpc) is 3.22. The maximum atomic E-state index is 13.1. The summed E-state index contributed by atoms with van der Waals surface area (Å²) in [5, 5.41) is 14.0. The van der Waals surface area contributed by atoms with Crippen LogP contribution in [0.25, 0.3) is 5.65 Å². The van der Waals surface area contributed by atoms with E-state index in [4.69, 9.17) is 0 Å². The molecule has 0 bridgehead atoms. The van der Waals surface area contributed by atoms with Gasteiger partial charge in [-0.05, 0) is 64.8 Å². The van der Waals surface area contributed by atoms with E-state index in [2.05, 4.69) is 39.4 Å². The first-order valence-corrected chi connectivity index (χ1v) is 11.2. The van der Waals surface area contributed by atoms with Gasteiger partial charge >= 0.3 is 6.18 Å². The molecule has 0 spiro atoms. The van der Waals surface area contributed by atoms with Gasteiger partial charge in [-0.3, -0.25) is 9.69 Å². The number of aromatic nitrogens is 4. The van der Waals surface area contributed by atoms with Crippen molar-refractivity contribution in [3.05, 3.63) is 18.0 Å². The third-order valence-electron chi connectivity index (χ3n) is 6.60. The molecule has 0 radical (unpaired) electrons. The van der Waals surface area contributed by atoms with Crippen molar-refractivity contribution in [3.63, 3.8) is 0 Å². The van der Waals surface area contributed by atoms with Crippen molar-refractivity contribution in [2.24, 2.45) is 5.92 Å². The molecule has 2 aromatic heterocycles. The molecular weight excluding hydrogens is 423 g/mol. The van der Waals surface area contributed by atoms with Crippen molar-refractivity contribution in [2.45, 2.75) is 57.7 Å². The lowest BCUT2D eigenvalue weighted by atomic mass is 9.94. The van der Waals surface area contributed by atoms with Crippen LogP contribution in [0.5, 0.6) is 0 Å². The third-order valence-corrected chi connectivity index (χ3v) is 6.60. The van der Waals surface area contributed by atoms with Gasteiger partial charge in [0.05, 0.1) is 0 Å². The van der Waals surface area contributed by atoms with Crippen molar-refractivity contribution in [2.75, 3.05) is 37.6 Å². The Kier molecular flexibility index (Phi) is 6.28. The van der Waals surface area contributed by atoms with Gasteiger partial charge in [-0.1, -0.05) is 6.42 Å². The summed E-state index contributed by atoms with van der Waals surface area (Å²) in [7, 11) is 0. The van der Waals surface area contributed by atoms with Crippen molar-refractivity contribution in [1.82, 2.24) is 30.0 Å². The minimum Gasteiger partial charge on any atom is -0.355 e. The molecule has 8 nitrogen and oxygen atoms in total. The number of nitrogens with zero attached hydrogens (tertiary/aromatic N) is 6. The number of carbonyl (C=O) groups excluding carboxylic acids is 1. The highest BCUT2D eigenvalue weighted by molar-refractivity contribution is 5.79. The molecule has 4 rings (SSSR count). The molecule has 1 amide bonds. The van der Waals surface area contributed by atoms with Crippen LogP contribution in [0.1, 0.15) is 51.8 Å². The summed E-state index contributed by atoms with van der Waals surface area (Å²) in [5.74, 6) is -0.767. The van der Waals surface area contributed by atoms with Gasteiger partial charge in [-0.15, -0.1) is 15.3 Å². The number of anilines is 1. The summed E-state index contributed by atoms with van der Waals surface area (Å²) in [6, 6.07) is 3.12. The van der Waals surface area contributed by atoms with Gasteiger partial charge in [-0.2, -0.15) is 17.7 Å². The first-order valence-electron chi connectivity index (χ1n) is 11.2. The van der Waals surface area contributed by atoms with Gasteiger partial charge in [0, 0.05) is 31.1 Å². The monoisotopic (exact) mass is 453 g/mol. The fraction of sp³-hybridized carbons (Fsp3) is 0.714. The molecule has 2 saturated heterocycles. The summed E-state index contributed by atoms with van der Waals surface area (Å²) in [6.07, 6.45) is 0.310. The van der Waals surface area contributed by atoms with Gasteiger partial charge in [-0.25, -0.2) is 0 Å².